The first-order valence-electron chi connectivity index (χ1n) is 22.4. The van der Waals surface area contributed by atoms with Crippen LogP contribution in [0.1, 0.15) is 115 Å². The number of carboxylic acids is 2. The van der Waals surface area contributed by atoms with Gasteiger partial charge in [-0.2, -0.15) is 0 Å². The molecular formula is C58H64Cl2N2O6. The van der Waals surface area contributed by atoms with E-state index in [1.54, 1.807) is 12.1 Å². The van der Waals surface area contributed by atoms with E-state index in [9.17, 15) is 19.8 Å². The third-order valence-corrected chi connectivity index (χ3v) is 11.6. The van der Waals surface area contributed by atoms with Crippen molar-refractivity contribution in [2.45, 2.75) is 118 Å². The average molecular weight is 956 g/mol. The number of nitrogens with two attached hydrogens (primary N) is 1. The van der Waals surface area contributed by atoms with Gasteiger partial charge in [0.15, 0.2) is 12.2 Å². The van der Waals surface area contributed by atoms with Gasteiger partial charge in [-0.25, -0.2) is 9.59 Å². The van der Waals surface area contributed by atoms with Crippen LogP contribution >= 0.6 is 23.2 Å². The minimum atomic E-state index is -1.14. The summed E-state index contributed by atoms with van der Waals surface area (Å²) < 4.78 is 12.1. The van der Waals surface area contributed by atoms with Gasteiger partial charge < -0.3 is 25.4 Å². The van der Waals surface area contributed by atoms with E-state index in [-0.39, 0.29) is 5.54 Å². The molecule has 2 atom stereocenters. The van der Waals surface area contributed by atoms with Crippen molar-refractivity contribution >= 4 is 56.7 Å². The summed E-state index contributed by atoms with van der Waals surface area (Å²) in [6, 6.07) is 30.9. The van der Waals surface area contributed by atoms with Gasteiger partial charge in [-0.1, -0.05) is 95.4 Å². The first-order chi connectivity index (χ1) is 31.4. The summed E-state index contributed by atoms with van der Waals surface area (Å²) in [7, 11) is 4.01. The maximum absolute atomic E-state index is 12.5. The minimum Gasteiger partial charge on any atom is -0.479 e. The summed E-state index contributed by atoms with van der Waals surface area (Å²) in [5.74, 6) is 10.8. The van der Waals surface area contributed by atoms with E-state index in [4.69, 9.17) is 38.4 Å². The molecule has 0 saturated heterocycles. The normalized spacial score (nSPS) is 12.9. The fourth-order valence-electron chi connectivity index (χ4n) is 7.53. The van der Waals surface area contributed by atoms with Crippen LogP contribution in [0.2, 0.25) is 10.0 Å². The molecule has 0 heterocycles. The molecule has 0 amide bonds. The second kappa shape index (κ2) is 20.9. The summed E-state index contributed by atoms with van der Waals surface area (Å²) in [5.41, 5.74) is 11.8. The smallest absolute Gasteiger partial charge is 0.337 e. The Bertz CT molecular complexity index is 2970. The molecule has 8 nitrogen and oxygen atoms in total. The monoisotopic (exact) mass is 954 g/mol. The van der Waals surface area contributed by atoms with Crippen molar-refractivity contribution < 1.29 is 29.3 Å². The summed E-state index contributed by atoms with van der Waals surface area (Å²) >= 11 is 12.3. The van der Waals surface area contributed by atoms with E-state index in [2.05, 4.69) is 42.4 Å². The fourth-order valence-corrected chi connectivity index (χ4v) is 7.79. The standard InChI is InChI=1S/C30H34ClNO3.C28H30ClNO3/c1-19-17-22-10-9-20(15-16-30(5,6)32(7)8)18-24(22)26(21-11-13-23(31)14-12-21)25(19)27(28(33)34)35-29(2,3)4;1-17-15-20-8-7-18(13-14-28(5,6)30)16-22(20)24(19-9-11-21(29)12-10-19)23(17)25(26(31)32)33-27(2,3)4/h9-14,17-18,27H,1-8H3,(H,33,34);7-12,15-16,25H,30H2,1-6H3,(H,31,32). The van der Waals surface area contributed by atoms with Crippen molar-refractivity contribution in [3.05, 3.63) is 140 Å². The lowest BCUT2D eigenvalue weighted by atomic mass is 9.86. The first kappa shape index (κ1) is 53.3. The molecule has 0 saturated carbocycles. The number of aliphatic carboxylic acids is 2. The largest absolute Gasteiger partial charge is 0.479 e. The van der Waals surface area contributed by atoms with Gasteiger partial charge in [0.25, 0.3) is 0 Å². The summed E-state index contributed by atoms with van der Waals surface area (Å²) in [6.07, 6.45) is -2.27. The van der Waals surface area contributed by atoms with Crippen LogP contribution in [0.5, 0.6) is 0 Å². The third kappa shape index (κ3) is 13.7. The third-order valence-electron chi connectivity index (χ3n) is 11.1. The maximum Gasteiger partial charge on any atom is 0.337 e. The zero-order valence-electron chi connectivity index (χ0n) is 41.7. The van der Waals surface area contributed by atoms with E-state index >= 15 is 0 Å². The van der Waals surface area contributed by atoms with Gasteiger partial charge in [0, 0.05) is 32.3 Å². The molecule has 2 unspecified atom stereocenters. The van der Waals surface area contributed by atoms with Gasteiger partial charge in [-0.05, 0) is 201 Å². The number of ether oxygens (including phenoxy) is 2. The van der Waals surface area contributed by atoms with Crippen molar-refractivity contribution in [1.82, 2.24) is 4.90 Å². The predicted molar refractivity (Wildman–Crippen MR) is 280 cm³/mol. The molecule has 0 bridgehead atoms. The lowest BCUT2D eigenvalue weighted by Gasteiger charge is -2.28. The molecule has 0 fully saturated rings. The summed E-state index contributed by atoms with van der Waals surface area (Å²) in [6.45, 7) is 22.8. The Kier molecular flexibility index (Phi) is 16.4. The Morgan fingerprint density at radius 2 is 0.926 bits per heavy atom. The van der Waals surface area contributed by atoms with Crippen LogP contribution in [0, 0.1) is 37.5 Å². The van der Waals surface area contributed by atoms with E-state index in [1.165, 1.54) is 0 Å². The quantitative estimate of drug-likeness (QED) is 0.123. The summed E-state index contributed by atoms with van der Waals surface area (Å²) in [5, 5.41) is 25.4. The maximum atomic E-state index is 12.5. The lowest BCUT2D eigenvalue weighted by Crippen LogP contribution is -2.36. The van der Waals surface area contributed by atoms with Crippen LogP contribution in [-0.4, -0.2) is 63.4 Å². The molecule has 6 rings (SSSR count). The molecule has 0 aliphatic heterocycles. The highest BCUT2D eigenvalue weighted by molar-refractivity contribution is 6.31. The Morgan fingerprint density at radius 3 is 1.24 bits per heavy atom. The van der Waals surface area contributed by atoms with Gasteiger partial charge >= 0.3 is 11.9 Å². The van der Waals surface area contributed by atoms with E-state index < -0.39 is 40.9 Å². The topological polar surface area (TPSA) is 122 Å². The fraction of sp³-hybridized carbons (Fsp3) is 0.345. The second-order valence-corrected chi connectivity index (χ2v) is 21.3. The minimum absolute atomic E-state index is 0.290. The Labute approximate surface area is 412 Å². The van der Waals surface area contributed by atoms with E-state index in [0.717, 1.165) is 66.1 Å². The van der Waals surface area contributed by atoms with Gasteiger partial charge in [-0.15, -0.1) is 0 Å². The zero-order valence-corrected chi connectivity index (χ0v) is 43.2. The molecule has 0 aromatic heterocycles. The van der Waals surface area contributed by atoms with Crippen molar-refractivity contribution in [3.8, 4) is 45.9 Å². The number of aryl methyl sites for hydroxylation is 2. The molecule has 356 valence electrons. The van der Waals surface area contributed by atoms with Crippen molar-refractivity contribution in [2.24, 2.45) is 5.73 Å². The van der Waals surface area contributed by atoms with E-state index in [0.29, 0.717) is 21.2 Å². The van der Waals surface area contributed by atoms with Crippen LogP contribution in [0.3, 0.4) is 0 Å². The second-order valence-electron chi connectivity index (χ2n) is 20.4. The van der Waals surface area contributed by atoms with Gasteiger partial charge in [0.05, 0.1) is 22.3 Å². The highest BCUT2D eigenvalue weighted by Crippen LogP contribution is 2.43. The number of halogens is 2. The van der Waals surface area contributed by atoms with Crippen LogP contribution in [0.15, 0.2) is 97.1 Å². The SMILES string of the molecule is Cc1cc2ccc(C#CC(C)(C)N(C)C)cc2c(-c2ccc(Cl)cc2)c1C(OC(C)(C)C)C(=O)O.Cc1cc2ccc(C#CC(C)(C)N)cc2c(-c2ccc(Cl)cc2)c1C(OC(C)(C)C)C(=O)O. The van der Waals surface area contributed by atoms with E-state index in [1.807, 2.05) is 168 Å². The number of hydrogen-bond donors (Lipinski definition) is 3. The van der Waals surface area contributed by atoms with Crippen molar-refractivity contribution in [1.29, 1.82) is 0 Å². The van der Waals surface area contributed by atoms with Crippen LogP contribution in [0.4, 0.5) is 0 Å². The van der Waals surface area contributed by atoms with Gasteiger partial charge in [0.1, 0.15) is 0 Å². The first-order valence-corrected chi connectivity index (χ1v) is 23.2. The Morgan fingerprint density at radius 1 is 0.574 bits per heavy atom. The Hall–Kier alpha value is -5.68. The molecule has 4 N–H and O–H groups in total. The number of benzene rings is 6. The van der Waals surface area contributed by atoms with Crippen LogP contribution < -0.4 is 5.73 Å². The van der Waals surface area contributed by atoms with Gasteiger partial charge in [0.2, 0.25) is 0 Å². The van der Waals surface area contributed by atoms with Crippen molar-refractivity contribution in [3.63, 3.8) is 0 Å². The molecule has 10 heteroatoms. The number of nitrogens with zero attached hydrogens (tertiary/aromatic N) is 1. The predicted octanol–water partition coefficient (Wildman–Crippen LogP) is 13.6. The number of carboxylic acid groups (broad SMARTS) is 2. The highest BCUT2D eigenvalue weighted by atomic mass is 35.5. The highest BCUT2D eigenvalue weighted by Gasteiger charge is 2.33. The lowest BCUT2D eigenvalue weighted by molar-refractivity contribution is -0.161. The molecular weight excluding hydrogens is 892 g/mol. The number of fused-ring (bicyclic) bond motifs is 2. The molecule has 6 aromatic carbocycles. The molecule has 0 aliphatic rings. The van der Waals surface area contributed by atoms with Crippen LogP contribution in [-0.2, 0) is 19.1 Å². The molecule has 0 radical (unpaired) electrons. The number of rotatable bonds is 9. The summed E-state index contributed by atoms with van der Waals surface area (Å²) in [4.78, 5) is 26.9. The molecule has 68 heavy (non-hydrogen) atoms. The van der Waals surface area contributed by atoms with Crippen LogP contribution in [0.25, 0.3) is 43.8 Å². The number of carbonyl (C=O) groups is 2. The zero-order chi connectivity index (χ0) is 50.7. The molecule has 6 aromatic rings. The average Bonchev–Trinajstić information content (AvgIpc) is 3.22. The molecule has 0 spiro atoms. The number of hydrogen-bond acceptors (Lipinski definition) is 6. The van der Waals surface area contributed by atoms with Crippen molar-refractivity contribution in [2.75, 3.05) is 14.1 Å². The van der Waals surface area contributed by atoms with Gasteiger partial charge in [-0.3, -0.25) is 4.90 Å². The molecule has 0 aliphatic carbocycles. The Balaban J connectivity index is 0.000000255.